The maximum Gasteiger partial charge on any atom is 0.251 e. The summed E-state index contributed by atoms with van der Waals surface area (Å²) in [5, 5.41) is 3.28. The van der Waals surface area contributed by atoms with Gasteiger partial charge in [-0.1, -0.05) is 35.9 Å². The van der Waals surface area contributed by atoms with Crippen LogP contribution >= 0.6 is 11.6 Å². The van der Waals surface area contributed by atoms with Gasteiger partial charge in [-0.05, 0) is 41.8 Å². The lowest BCUT2D eigenvalue weighted by Crippen LogP contribution is -2.26. The first-order valence-electron chi connectivity index (χ1n) is 7.79. The van der Waals surface area contributed by atoms with Crippen LogP contribution < -0.4 is 5.32 Å². The molecule has 0 aliphatic rings. The van der Waals surface area contributed by atoms with E-state index in [9.17, 15) is 9.59 Å². The molecule has 0 saturated carbocycles. The Morgan fingerprint density at radius 2 is 1.58 bits per heavy atom. The van der Waals surface area contributed by atoms with Gasteiger partial charge in [0, 0.05) is 37.6 Å². The van der Waals surface area contributed by atoms with Crippen LogP contribution in [0.15, 0.2) is 48.5 Å². The molecule has 0 aliphatic carbocycles. The molecular formula is C19H21ClN2O2. The van der Waals surface area contributed by atoms with E-state index in [4.69, 9.17) is 11.6 Å². The lowest BCUT2D eigenvalue weighted by molar-refractivity contribution is -0.130. The number of halogens is 1. The second-order valence-electron chi connectivity index (χ2n) is 5.65. The third-order valence-corrected chi connectivity index (χ3v) is 4.08. The first-order valence-corrected chi connectivity index (χ1v) is 8.17. The van der Waals surface area contributed by atoms with E-state index in [2.05, 4.69) is 5.32 Å². The Hall–Kier alpha value is -2.33. The average molecular weight is 345 g/mol. The van der Waals surface area contributed by atoms with Crippen molar-refractivity contribution < 1.29 is 9.59 Å². The highest BCUT2D eigenvalue weighted by Gasteiger charge is 2.10. The predicted octanol–water partition coefficient (Wildman–Crippen LogP) is 3.29. The molecule has 0 aliphatic heterocycles. The van der Waals surface area contributed by atoms with E-state index >= 15 is 0 Å². The van der Waals surface area contributed by atoms with Crippen LogP contribution in [0.1, 0.15) is 27.9 Å². The van der Waals surface area contributed by atoms with E-state index in [-0.39, 0.29) is 11.8 Å². The van der Waals surface area contributed by atoms with Gasteiger partial charge in [-0.25, -0.2) is 0 Å². The van der Waals surface area contributed by atoms with Gasteiger partial charge in [-0.3, -0.25) is 9.59 Å². The van der Waals surface area contributed by atoms with Crippen LogP contribution in [0.4, 0.5) is 0 Å². The van der Waals surface area contributed by atoms with Crippen molar-refractivity contribution in [3.63, 3.8) is 0 Å². The fourth-order valence-electron chi connectivity index (χ4n) is 2.36. The molecule has 24 heavy (non-hydrogen) atoms. The summed E-state index contributed by atoms with van der Waals surface area (Å²) in [6.45, 7) is 0.521. The zero-order valence-electron chi connectivity index (χ0n) is 13.9. The highest BCUT2D eigenvalue weighted by Crippen LogP contribution is 2.12. The molecule has 2 aromatic carbocycles. The Bertz CT molecular complexity index is 696. The molecule has 0 fully saturated rings. The van der Waals surface area contributed by atoms with E-state index in [1.54, 1.807) is 31.1 Å². The molecule has 0 unspecified atom stereocenters. The standard InChI is InChI=1S/C19H21ClN2O2/c1-21-19(24)16-8-3-15(4-9-16)13-22(2)18(23)12-7-14-5-10-17(20)11-6-14/h3-6,8-11H,7,12-13H2,1-2H3,(H,21,24). The number of hydrogen-bond donors (Lipinski definition) is 1. The van der Waals surface area contributed by atoms with Crippen LogP contribution in [0.25, 0.3) is 0 Å². The summed E-state index contributed by atoms with van der Waals surface area (Å²) in [6, 6.07) is 14.8. The van der Waals surface area contributed by atoms with Gasteiger partial charge in [0.2, 0.25) is 5.91 Å². The van der Waals surface area contributed by atoms with Crippen molar-refractivity contribution >= 4 is 23.4 Å². The molecule has 0 atom stereocenters. The molecule has 4 nitrogen and oxygen atoms in total. The molecule has 2 rings (SSSR count). The Balaban J connectivity index is 1.86. The molecule has 5 heteroatoms. The molecule has 1 N–H and O–H groups in total. The molecule has 2 amide bonds. The number of hydrogen-bond acceptors (Lipinski definition) is 2. The third-order valence-electron chi connectivity index (χ3n) is 3.83. The summed E-state index contributed by atoms with van der Waals surface area (Å²) < 4.78 is 0. The molecule has 0 bridgehead atoms. The monoisotopic (exact) mass is 344 g/mol. The van der Waals surface area contributed by atoms with Crippen molar-refractivity contribution in [1.29, 1.82) is 0 Å². The highest BCUT2D eigenvalue weighted by atomic mass is 35.5. The Labute approximate surface area is 147 Å². The van der Waals surface area contributed by atoms with Gasteiger partial charge >= 0.3 is 0 Å². The van der Waals surface area contributed by atoms with Crippen molar-refractivity contribution in [2.75, 3.05) is 14.1 Å². The summed E-state index contributed by atoms with van der Waals surface area (Å²) >= 11 is 5.85. The van der Waals surface area contributed by atoms with Crippen molar-refractivity contribution in [2.24, 2.45) is 0 Å². The lowest BCUT2D eigenvalue weighted by atomic mass is 10.1. The summed E-state index contributed by atoms with van der Waals surface area (Å²) in [6.07, 6.45) is 1.14. The lowest BCUT2D eigenvalue weighted by Gasteiger charge is -2.17. The second-order valence-corrected chi connectivity index (χ2v) is 6.09. The minimum Gasteiger partial charge on any atom is -0.355 e. The number of carbonyl (C=O) groups excluding carboxylic acids is 2. The van der Waals surface area contributed by atoms with E-state index in [0.29, 0.717) is 30.0 Å². The van der Waals surface area contributed by atoms with Crippen molar-refractivity contribution in [2.45, 2.75) is 19.4 Å². The minimum atomic E-state index is -0.117. The number of carbonyl (C=O) groups is 2. The van der Waals surface area contributed by atoms with Crippen LogP contribution in [0.2, 0.25) is 5.02 Å². The number of benzene rings is 2. The number of nitrogens with one attached hydrogen (secondary N) is 1. The van der Waals surface area contributed by atoms with Crippen LogP contribution in [0, 0.1) is 0 Å². The maximum atomic E-state index is 12.2. The molecule has 0 saturated heterocycles. The van der Waals surface area contributed by atoms with Crippen molar-refractivity contribution in [3.8, 4) is 0 Å². The zero-order chi connectivity index (χ0) is 17.5. The van der Waals surface area contributed by atoms with Crippen LogP contribution in [-0.2, 0) is 17.8 Å². The fourth-order valence-corrected chi connectivity index (χ4v) is 2.49. The van der Waals surface area contributed by atoms with Gasteiger partial charge in [0.25, 0.3) is 5.91 Å². The third kappa shape index (κ3) is 5.10. The normalized spacial score (nSPS) is 10.3. The van der Waals surface area contributed by atoms with Gasteiger partial charge < -0.3 is 10.2 Å². The summed E-state index contributed by atoms with van der Waals surface area (Å²) in [7, 11) is 3.39. The smallest absolute Gasteiger partial charge is 0.251 e. The fraction of sp³-hybridized carbons (Fsp3) is 0.263. The summed E-state index contributed by atoms with van der Waals surface area (Å²) in [4.78, 5) is 25.5. The van der Waals surface area contributed by atoms with Gasteiger partial charge in [-0.2, -0.15) is 0 Å². The van der Waals surface area contributed by atoms with E-state index in [1.807, 2.05) is 36.4 Å². The molecular weight excluding hydrogens is 324 g/mol. The minimum absolute atomic E-state index is 0.0836. The van der Waals surface area contributed by atoms with E-state index in [1.165, 1.54) is 0 Å². The number of nitrogens with zero attached hydrogens (tertiary/aromatic N) is 1. The highest BCUT2D eigenvalue weighted by molar-refractivity contribution is 6.30. The molecule has 0 aromatic heterocycles. The number of aryl methyl sites for hydroxylation is 1. The van der Waals surface area contributed by atoms with Crippen molar-refractivity contribution in [3.05, 3.63) is 70.2 Å². The molecule has 0 radical (unpaired) electrons. The van der Waals surface area contributed by atoms with Gasteiger partial charge in [0.1, 0.15) is 0 Å². The average Bonchev–Trinajstić information content (AvgIpc) is 2.60. The van der Waals surface area contributed by atoms with E-state index < -0.39 is 0 Å². The largest absolute Gasteiger partial charge is 0.355 e. The first kappa shape index (κ1) is 18.0. The van der Waals surface area contributed by atoms with Gasteiger partial charge in [-0.15, -0.1) is 0 Å². The van der Waals surface area contributed by atoms with Crippen LogP contribution in [0.3, 0.4) is 0 Å². The Morgan fingerprint density at radius 3 is 2.17 bits per heavy atom. The summed E-state index contributed by atoms with van der Waals surface area (Å²) in [5.74, 6) is -0.0331. The van der Waals surface area contributed by atoms with Crippen molar-refractivity contribution in [1.82, 2.24) is 10.2 Å². The van der Waals surface area contributed by atoms with Crippen LogP contribution in [0.5, 0.6) is 0 Å². The van der Waals surface area contributed by atoms with Gasteiger partial charge in [0.15, 0.2) is 0 Å². The van der Waals surface area contributed by atoms with Crippen LogP contribution in [-0.4, -0.2) is 30.8 Å². The number of rotatable bonds is 6. The quantitative estimate of drug-likeness (QED) is 0.874. The molecule has 2 aromatic rings. The summed E-state index contributed by atoms with van der Waals surface area (Å²) in [5.41, 5.74) is 2.69. The van der Waals surface area contributed by atoms with E-state index in [0.717, 1.165) is 11.1 Å². The molecule has 0 spiro atoms. The zero-order valence-corrected chi connectivity index (χ0v) is 14.6. The molecule has 0 heterocycles. The SMILES string of the molecule is CNC(=O)c1ccc(CN(C)C(=O)CCc2ccc(Cl)cc2)cc1. The predicted molar refractivity (Wildman–Crippen MR) is 96.1 cm³/mol. The Kier molecular flexibility index (Phi) is 6.38. The topological polar surface area (TPSA) is 49.4 Å². The maximum absolute atomic E-state index is 12.2. The number of amides is 2. The Morgan fingerprint density at radius 1 is 1.00 bits per heavy atom. The van der Waals surface area contributed by atoms with Gasteiger partial charge in [0.05, 0.1) is 0 Å². The molecule has 126 valence electrons. The second kappa shape index (κ2) is 8.50. The first-order chi connectivity index (χ1) is 11.5.